The molecule has 0 atom stereocenters. The van der Waals surface area contributed by atoms with Crippen LogP contribution in [0.15, 0.2) is 35.5 Å². The second-order valence-electron chi connectivity index (χ2n) is 7.97. The van der Waals surface area contributed by atoms with Gasteiger partial charge in [0.1, 0.15) is 17.9 Å². The van der Waals surface area contributed by atoms with Gasteiger partial charge in [-0.25, -0.2) is 13.4 Å². The molecule has 174 valence electrons. The molecule has 0 unspecified atom stereocenters. The number of nitrogens with zero attached hydrogens (tertiary/aromatic N) is 6. The number of benzene rings is 1. The van der Waals surface area contributed by atoms with Gasteiger partial charge in [-0.3, -0.25) is 0 Å². The van der Waals surface area contributed by atoms with Crippen LogP contribution >= 0.6 is 0 Å². The van der Waals surface area contributed by atoms with Crippen LogP contribution in [0.4, 0.5) is 14.6 Å². The van der Waals surface area contributed by atoms with Crippen molar-refractivity contribution in [2.24, 2.45) is 0 Å². The van der Waals surface area contributed by atoms with Crippen LogP contribution < -0.4 is 9.64 Å². The summed E-state index contributed by atoms with van der Waals surface area (Å²) in [5.74, 6) is 1.42. The van der Waals surface area contributed by atoms with Gasteiger partial charge in [0.15, 0.2) is 0 Å². The number of alkyl halides is 2. The number of piperazine rings is 1. The highest BCUT2D eigenvalue weighted by Crippen LogP contribution is 2.32. The van der Waals surface area contributed by atoms with Crippen LogP contribution in [0.2, 0.25) is 0 Å². The molecule has 0 saturated carbocycles. The van der Waals surface area contributed by atoms with Crippen LogP contribution in [0, 0.1) is 6.92 Å². The summed E-state index contributed by atoms with van der Waals surface area (Å²) in [6.45, 7) is 0.686. The molecule has 1 fully saturated rings. The van der Waals surface area contributed by atoms with E-state index in [0.29, 0.717) is 55.3 Å². The standard InChI is InChI=1S/C21H22F2N6O3S/c1-14-10-19(29-21(26-14)24-13-25-29)27-6-8-28(9-7-27)33(30,31)18-5-3-15-11-17(32-20(22)23)4-2-16(15)12-18/h2,4,10-13,20H,3,5-9H2,1H3. The first-order chi connectivity index (χ1) is 15.8. The van der Waals surface area contributed by atoms with Crippen LogP contribution in [0.25, 0.3) is 11.9 Å². The molecule has 3 heterocycles. The number of rotatable bonds is 5. The zero-order chi connectivity index (χ0) is 23.2. The third-order valence-electron chi connectivity index (χ3n) is 5.89. The molecular weight excluding hydrogens is 454 g/mol. The first-order valence-corrected chi connectivity index (χ1v) is 12.0. The van der Waals surface area contributed by atoms with E-state index >= 15 is 0 Å². The van der Waals surface area contributed by atoms with E-state index in [0.717, 1.165) is 17.1 Å². The van der Waals surface area contributed by atoms with Gasteiger partial charge in [0.2, 0.25) is 10.0 Å². The first-order valence-electron chi connectivity index (χ1n) is 10.5. The number of ether oxygens (including phenoxy) is 1. The van der Waals surface area contributed by atoms with Crippen LogP contribution in [-0.4, -0.2) is 65.1 Å². The molecule has 2 aromatic heterocycles. The summed E-state index contributed by atoms with van der Waals surface area (Å²) < 4.78 is 59.1. The highest BCUT2D eigenvalue weighted by Gasteiger charge is 2.32. The second kappa shape index (κ2) is 8.34. The average Bonchev–Trinajstić information content (AvgIpc) is 3.26. The highest BCUT2D eigenvalue weighted by molar-refractivity contribution is 7.93. The summed E-state index contributed by atoms with van der Waals surface area (Å²) in [4.78, 5) is 10.9. The molecule has 0 spiro atoms. The fourth-order valence-electron chi connectivity index (χ4n) is 4.28. The zero-order valence-electron chi connectivity index (χ0n) is 17.9. The largest absolute Gasteiger partial charge is 0.435 e. The lowest BCUT2D eigenvalue weighted by atomic mass is 9.97. The van der Waals surface area contributed by atoms with E-state index in [1.54, 1.807) is 22.7 Å². The Kier molecular flexibility index (Phi) is 5.49. The van der Waals surface area contributed by atoms with Crippen molar-refractivity contribution in [3.05, 3.63) is 52.3 Å². The van der Waals surface area contributed by atoms with Gasteiger partial charge in [-0.05, 0) is 49.1 Å². The Labute approximate surface area is 189 Å². The Bertz CT molecular complexity index is 1330. The number of sulfonamides is 1. The molecule has 2 aliphatic rings. The third-order valence-corrected chi connectivity index (χ3v) is 7.92. The van der Waals surface area contributed by atoms with Gasteiger partial charge in [-0.15, -0.1) is 0 Å². The average molecular weight is 477 g/mol. The maximum Gasteiger partial charge on any atom is 0.387 e. The number of fused-ring (bicyclic) bond motifs is 2. The van der Waals surface area contributed by atoms with E-state index in [1.165, 1.54) is 16.7 Å². The minimum Gasteiger partial charge on any atom is -0.435 e. The van der Waals surface area contributed by atoms with E-state index < -0.39 is 16.6 Å². The highest BCUT2D eigenvalue weighted by atomic mass is 32.2. The lowest BCUT2D eigenvalue weighted by Gasteiger charge is -2.36. The normalized spacial score (nSPS) is 17.3. The Morgan fingerprint density at radius 1 is 1.09 bits per heavy atom. The second-order valence-corrected chi connectivity index (χ2v) is 9.96. The number of anilines is 1. The quantitative estimate of drug-likeness (QED) is 0.559. The summed E-state index contributed by atoms with van der Waals surface area (Å²) in [6, 6.07) is 6.51. The number of hydrogen-bond donors (Lipinski definition) is 0. The number of aryl methyl sites for hydroxylation is 2. The molecule has 0 bridgehead atoms. The molecule has 3 aromatic rings. The van der Waals surface area contributed by atoms with Crippen LogP contribution in [-0.2, 0) is 16.4 Å². The van der Waals surface area contributed by atoms with Gasteiger partial charge in [-0.2, -0.15) is 27.7 Å². The van der Waals surface area contributed by atoms with Gasteiger partial charge >= 0.3 is 6.61 Å². The van der Waals surface area contributed by atoms with Gasteiger partial charge in [0.05, 0.1) is 4.91 Å². The molecule has 1 aromatic carbocycles. The lowest BCUT2D eigenvalue weighted by molar-refractivity contribution is -0.0498. The van der Waals surface area contributed by atoms with Crippen molar-refractivity contribution in [3.63, 3.8) is 0 Å². The summed E-state index contributed by atoms with van der Waals surface area (Å²) in [5, 5.41) is 4.23. The van der Waals surface area contributed by atoms with Crippen molar-refractivity contribution in [2.45, 2.75) is 26.4 Å². The maximum absolute atomic E-state index is 13.3. The molecular formula is C21H22F2N6O3S. The van der Waals surface area contributed by atoms with Crippen molar-refractivity contribution >= 4 is 27.7 Å². The van der Waals surface area contributed by atoms with Gasteiger partial charge in [-0.1, -0.05) is 6.07 Å². The zero-order valence-corrected chi connectivity index (χ0v) is 18.7. The van der Waals surface area contributed by atoms with Gasteiger partial charge in [0, 0.05) is 37.9 Å². The number of allylic oxidation sites excluding steroid dienone is 1. The molecule has 33 heavy (non-hydrogen) atoms. The monoisotopic (exact) mass is 476 g/mol. The van der Waals surface area contributed by atoms with Crippen LogP contribution in [0.3, 0.4) is 0 Å². The van der Waals surface area contributed by atoms with E-state index in [9.17, 15) is 17.2 Å². The SMILES string of the molecule is Cc1cc(N2CCN(S(=O)(=O)C3=Cc4ccc(OC(F)F)cc4CC3)CC2)n2ncnc2n1. The molecule has 0 amide bonds. The number of halogens is 2. The molecule has 9 nitrogen and oxygen atoms in total. The topological polar surface area (TPSA) is 92.9 Å². The Balaban J connectivity index is 1.32. The number of aromatic nitrogens is 4. The van der Waals surface area contributed by atoms with E-state index in [2.05, 4.69) is 24.7 Å². The van der Waals surface area contributed by atoms with E-state index in [-0.39, 0.29) is 5.75 Å². The summed E-state index contributed by atoms with van der Waals surface area (Å²) >= 11 is 0. The maximum atomic E-state index is 13.3. The minimum absolute atomic E-state index is 0.0763. The fourth-order valence-corrected chi connectivity index (χ4v) is 5.89. The molecule has 1 aliphatic heterocycles. The smallest absolute Gasteiger partial charge is 0.387 e. The molecule has 0 radical (unpaired) electrons. The summed E-state index contributed by atoms with van der Waals surface area (Å²) in [7, 11) is -3.63. The van der Waals surface area contributed by atoms with Gasteiger partial charge in [0.25, 0.3) is 5.78 Å². The molecule has 1 saturated heterocycles. The van der Waals surface area contributed by atoms with Crippen molar-refractivity contribution in [3.8, 4) is 5.75 Å². The van der Waals surface area contributed by atoms with Crippen molar-refractivity contribution < 1.29 is 21.9 Å². The Hall–Kier alpha value is -3.12. The van der Waals surface area contributed by atoms with E-state index in [4.69, 9.17) is 0 Å². The number of hydrogen-bond acceptors (Lipinski definition) is 7. The van der Waals surface area contributed by atoms with Crippen molar-refractivity contribution in [1.29, 1.82) is 0 Å². The summed E-state index contributed by atoms with van der Waals surface area (Å²) in [5.41, 5.74) is 2.32. The Morgan fingerprint density at radius 3 is 2.64 bits per heavy atom. The van der Waals surface area contributed by atoms with Crippen molar-refractivity contribution in [1.82, 2.24) is 23.9 Å². The predicted molar refractivity (Wildman–Crippen MR) is 118 cm³/mol. The van der Waals surface area contributed by atoms with Crippen LogP contribution in [0.1, 0.15) is 23.2 Å². The molecule has 5 rings (SSSR count). The molecule has 0 N–H and O–H groups in total. The first kappa shape index (κ1) is 21.7. The van der Waals surface area contributed by atoms with Crippen molar-refractivity contribution in [2.75, 3.05) is 31.1 Å². The van der Waals surface area contributed by atoms with Crippen LogP contribution in [0.5, 0.6) is 5.75 Å². The fraction of sp³-hybridized carbons (Fsp3) is 0.381. The minimum atomic E-state index is -3.63. The lowest BCUT2D eigenvalue weighted by Crippen LogP contribution is -2.49. The van der Waals surface area contributed by atoms with Gasteiger partial charge < -0.3 is 9.64 Å². The van der Waals surface area contributed by atoms with E-state index in [1.807, 2.05) is 13.0 Å². The summed E-state index contributed by atoms with van der Waals surface area (Å²) in [6.07, 6.45) is 3.85. The Morgan fingerprint density at radius 2 is 1.88 bits per heavy atom. The molecule has 12 heteroatoms. The third kappa shape index (κ3) is 4.15. The molecule has 1 aliphatic carbocycles. The predicted octanol–water partition coefficient (Wildman–Crippen LogP) is 2.47.